The lowest BCUT2D eigenvalue weighted by molar-refractivity contribution is 0.440. The van der Waals surface area contributed by atoms with Crippen molar-refractivity contribution in [2.24, 2.45) is 0 Å². The van der Waals surface area contributed by atoms with E-state index in [1.807, 2.05) is 19.9 Å². The van der Waals surface area contributed by atoms with E-state index in [1.165, 1.54) is 6.07 Å². The zero-order valence-corrected chi connectivity index (χ0v) is 11.9. The molecule has 19 heavy (non-hydrogen) atoms. The first-order valence-electron chi connectivity index (χ1n) is 6.65. The van der Waals surface area contributed by atoms with Crippen molar-refractivity contribution in [2.45, 2.75) is 32.2 Å². The Morgan fingerprint density at radius 3 is 2.74 bits per heavy atom. The second-order valence-corrected chi connectivity index (χ2v) is 4.86. The monoisotopic (exact) mass is 263 g/mol. The first-order chi connectivity index (χ1) is 9.04. The molecule has 0 spiro atoms. The second-order valence-electron chi connectivity index (χ2n) is 4.86. The lowest BCUT2D eigenvalue weighted by Crippen LogP contribution is -2.39. The van der Waals surface area contributed by atoms with E-state index in [4.69, 9.17) is 5.26 Å². The molecule has 0 aliphatic carbocycles. The van der Waals surface area contributed by atoms with E-state index in [-0.39, 0.29) is 5.82 Å². The van der Waals surface area contributed by atoms with Gasteiger partial charge in [0.15, 0.2) is 0 Å². The number of benzene rings is 1. The summed E-state index contributed by atoms with van der Waals surface area (Å²) in [7, 11) is 1.80. The van der Waals surface area contributed by atoms with Gasteiger partial charge in [0.05, 0.1) is 6.07 Å². The van der Waals surface area contributed by atoms with Crippen molar-refractivity contribution in [3.8, 4) is 6.07 Å². The van der Waals surface area contributed by atoms with Gasteiger partial charge in [-0.05, 0) is 51.9 Å². The first-order valence-corrected chi connectivity index (χ1v) is 6.65. The van der Waals surface area contributed by atoms with Gasteiger partial charge < -0.3 is 10.2 Å². The molecule has 3 nitrogen and oxygen atoms in total. The van der Waals surface area contributed by atoms with Gasteiger partial charge in [-0.3, -0.25) is 0 Å². The van der Waals surface area contributed by atoms with Crippen LogP contribution in [0.2, 0.25) is 0 Å². The SMILES string of the molecule is CCN(CCCC(C)(C#N)NC)c1cccc(F)c1. The van der Waals surface area contributed by atoms with Crippen molar-refractivity contribution in [2.75, 3.05) is 25.0 Å². The standard InChI is InChI=1S/C15H22FN3/c1-4-19(14-8-5-7-13(16)11-14)10-6-9-15(2,12-17)18-3/h5,7-8,11,18H,4,6,9-10H2,1-3H3. The van der Waals surface area contributed by atoms with Crippen LogP contribution in [0.15, 0.2) is 24.3 Å². The molecule has 0 saturated heterocycles. The van der Waals surface area contributed by atoms with Gasteiger partial charge >= 0.3 is 0 Å². The van der Waals surface area contributed by atoms with Gasteiger partial charge in [-0.1, -0.05) is 6.07 Å². The average Bonchev–Trinajstić information content (AvgIpc) is 2.43. The molecule has 4 heteroatoms. The maximum absolute atomic E-state index is 13.2. The van der Waals surface area contributed by atoms with Crippen molar-refractivity contribution < 1.29 is 4.39 Å². The number of anilines is 1. The Morgan fingerprint density at radius 2 is 2.21 bits per heavy atom. The van der Waals surface area contributed by atoms with E-state index >= 15 is 0 Å². The minimum Gasteiger partial charge on any atom is -0.372 e. The highest BCUT2D eigenvalue weighted by atomic mass is 19.1. The van der Waals surface area contributed by atoms with E-state index in [2.05, 4.69) is 16.3 Å². The minimum atomic E-state index is -0.485. The van der Waals surface area contributed by atoms with Crippen LogP contribution in [0.3, 0.4) is 0 Å². The maximum Gasteiger partial charge on any atom is 0.125 e. The largest absolute Gasteiger partial charge is 0.372 e. The first kappa shape index (κ1) is 15.5. The predicted molar refractivity (Wildman–Crippen MR) is 76.6 cm³/mol. The highest BCUT2D eigenvalue weighted by Crippen LogP contribution is 2.17. The third-order valence-electron chi connectivity index (χ3n) is 3.46. The lowest BCUT2D eigenvalue weighted by Gasteiger charge is -2.26. The van der Waals surface area contributed by atoms with Gasteiger partial charge in [-0.25, -0.2) is 4.39 Å². The number of nitrogens with one attached hydrogen (secondary N) is 1. The Hall–Kier alpha value is -1.60. The summed E-state index contributed by atoms with van der Waals surface area (Å²) >= 11 is 0. The molecule has 1 atom stereocenters. The molecule has 0 heterocycles. The Labute approximate surface area is 115 Å². The van der Waals surface area contributed by atoms with E-state index in [1.54, 1.807) is 19.2 Å². The topological polar surface area (TPSA) is 39.1 Å². The van der Waals surface area contributed by atoms with Gasteiger partial charge in [0.2, 0.25) is 0 Å². The number of hydrogen-bond acceptors (Lipinski definition) is 3. The fourth-order valence-corrected chi connectivity index (χ4v) is 2.00. The summed E-state index contributed by atoms with van der Waals surface area (Å²) in [6.07, 6.45) is 1.65. The van der Waals surface area contributed by atoms with Gasteiger partial charge in [-0.15, -0.1) is 0 Å². The fraction of sp³-hybridized carbons (Fsp3) is 0.533. The molecule has 104 valence electrons. The number of nitriles is 1. The molecule has 1 aromatic rings. The van der Waals surface area contributed by atoms with Gasteiger partial charge in [0, 0.05) is 18.8 Å². The zero-order chi connectivity index (χ0) is 14.3. The molecule has 0 aliphatic heterocycles. The molecule has 1 N–H and O–H groups in total. The lowest BCUT2D eigenvalue weighted by atomic mass is 9.98. The molecule has 0 saturated carbocycles. The molecule has 1 aromatic carbocycles. The van der Waals surface area contributed by atoms with Crippen molar-refractivity contribution in [3.63, 3.8) is 0 Å². The molecular formula is C15H22FN3. The van der Waals surface area contributed by atoms with E-state index < -0.39 is 5.54 Å². The summed E-state index contributed by atoms with van der Waals surface area (Å²) in [6.45, 7) is 5.59. The summed E-state index contributed by atoms with van der Waals surface area (Å²) in [4.78, 5) is 2.12. The van der Waals surface area contributed by atoms with E-state index in [0.29, 0.717) is 0 Å². The van der Waals surface area contributed by atoms with Crippen LogP contribution in [0.4, 0.5) is 10.1 Å². The van der Waals surface area contributed by atoms with Crippen LogP contribution in [0.5, 0.6) is 0 Å². The predicted octanol–water partition coefficient (Wildman–Crippen LogP) is 2.93. The quantitative estimate of drug-likeness (QED) is 0.822. The molecule has 0 fully saturated rings. The maximum atomic E-state index is 13.2. The van der Waals surface area contributed by atoms with Crippen LogP contribution >= 0.6 is 0 Å². The Kier molecular flexibility index (Phi) is 5.78. The van der Waals surface area contributed by atoms with Crippen LogP contribution in [0, 0.1) is 17.1 Å². The Morgan fingerprint density at radius 1 is 1.47 bits per heavy atom. The highest BCUT2D eigenvalue weighted by Gasteiger charge is 2.20. The third-order valence-corrected chi connectivity index (χ3v) is 3.46. The van der Waals surface area contributed by atoms with Crippen molar-refractivity contribution >= 4 is 5.69 Å². The van der Waals surface area contributed by atoms with Crippen LogP contribution in [0.1, 0.15) is 26.7 Å². The molecule has 0 aromatic heterocycles. The smallest absolute Gasteiger partial charge is 0.125 e. The summed E-state index contributed by atoms with van der Waals surface area (Å²) in [6, 6.07) is 8.91. The molecular weight excluding hydrogens is 241 g/mol. The number of nitrogens with zero attached hydrogens (tertiary/aromatic N) is 2. The molecule has 1 unspecified atom stereocenters. The molecule has 0 bridgehead atoms. The number of halogens is 1. The van der Waals surface area contributed by atoms with Crippen molar-refractivity contribution in [3.05, 3.63) is 30.1 Å². The van der Waals surface area contributed by atoms with Gasteiger partial charge in [-0.2, -0.15) is 5.26 Å². The van der Waals surface area contributed by atoms with E-state index in [9.17, 15) is 4.39 Å². The van der Waals surface area contributed by atoms with Gasteiger partial charge in [0.25, 0.3) is 0 Å². The average molecular weight is 263 g/mol. The molecule has 1 rings (SSSR count). The van der Waals surface area contributed by atoms with Crippen LogP contribution < -0.4 is 10.2 Å². The van der Waals surface area contributed by atoms with Crippen LogP contribution in [0.25, 0.3) is 0 Å². The number of rotatable bonds is 7. The summed E-state index contributed by atoms with van der Waals surface area (Å²) in [5.41, 5.74) is 0.409. The molecule has 0 amide bonds. The highest BCUT2D eigenvalue weighted by molar-refractivity contribution is 5.46. The Balaban J connectivity index is 2.57. The van der Waals surface area contributed by atoms with Crippen molar-refractivity contribution in [1.82, 2.24) is 5.32 Å². The zero-order valence-electron chi connectivity index (χ0n) is 11.9. The molecule has 0 radical (unpaired) electrons. The van der Waals surface area contributed by atoms with Crippen LogP contribution in [-0.4, -0.2) is 25.7 Å². The van der Waals surface area contributed by atoms with Gasteiger partial charge in [0.1, 0.15) is 11.4 Å². The summed E-state index contributed by atoms with van der Waals surface area (Å²) < 4.78 is 13.2. The summed E-state index contributed by atoms with van der Waals surface area (Å²) in [5, 5.41) is 12.1. The summed E-state index contributed by atoms with van der Waals surface area (Å²) in [5.74, 6) is -0.215. The number of hydrogen-bond donors (Lipinski definition) is 1. The fourth-order valence-electron chi connectivity index (χ4n) is 2.00. The second kappa shape index (κ2) is 7.10. The molecule has 0 aliphatic rings. The van der Waals surface area contributed by atoms with E-state index in [0.717, 1.165) is 31.6 Å². The third kappa shape index (κ3) is 4.53. The normalized spacial score (nSPS) is 13.6. The van der Waals surface area contributed by atoms with Crippen LogP contribution in [-0.2, 0) is 0 Å². The van der Waals surface area contributed by atoms with Crippen molar-refractivity contribution in [1.29, 1.82) is 5.26 Å². The Bertz CT molecular complexity index is 441. The minimum absolute atomic E-state index is 0.215.